The first kappa shape index (κ1) is 45.5. The normalized spacial score (nSPS) is 9.76. The summed E-state index contributed by atoms with van der Waals surface area (Å²) in [5.74, 6) is -19.7. The molecule has 0 bridgehead atoms. The molecule has 166 valence electrons. The Morgan fingerprint density at radius 1 is 0.471 bits per heavy atom. The Kier molecular flexibility index (Phi) is 27.4. The fourth-order valence-corrected chi connectivity index (χ4v) is 2.01. The molecule has 0 aliphatic rings. The van der Waals surface area contributed by atoms with Gasteiger partial charge in [-0.1, -0.05) is 0 Å². The fraction of sp³-hybridized carbons (Fsp3) is 0.429. The van der Waals surface area contributed by atoms with Crippen molar-refractivity contribution in [1.29, 1.82) is 0 Å². The molecule has 0 aromatic carbocycles. The molecule has 0 aliphatic heterocycles. The number of hydrogen-bond donors (Lipinski definition) is 0. The molecule has 0 atom stereocenters. The molecule has 0 aromatic heterocycles. The molecule has 0 aromatic rings. The second-order valence-corrected chi connectivity index (χ2v) is 5.54. The Morgan fingerprint density at radius 3 is 0.765 bits per heavy atom. The molecule has 0 rings (SSSR count). The average Bonchev–Trinajstić information content (AvgIpc) is 2.51. The van der Waals surface area contributed by atoms with Crippen LogP contribution >= 0.6 is 0 Å². The summed E-state index contributed by atoms with van der Waals surface area (Å²) in [7, 11) is 0. The number of carbonyl (C=O) groups is 8. The molecule has 20 heteroatoms. The van der Waals surface area contributed by atoms with Gasteiger partial charge in [0.2, 0.25) is 0 Å². The summed E-state index contributed by atoms with van der Waals surface area (Å²) in [5, 5.41) is 64.9. The van der Waals surface area contributed by atoms with Crippen molar-refractivity contribution in [3.63, 3.8) is 0 Å². The van der Waals surface area contributed by atoms with Crippen LogP contribution in [0.15, 0.2) is 0 Å². The first-order valence-electron chi connectivity index (χ1n) is 7.25. The van der Waals surface area contributed by atoms with E-state index in [1.807, 2.05) is 0 Å². The van der Waals surface area contributed by atoms with Crippen LogP contribution in [0.25, 0.3) is 0 Å². The second-order valence-electron chi connectivity index (χ2n) is 5.54. The Labute approximate surface area is 334 Å². The Hall–Kier alpha value is 1.55. The van der Waals surface area contributed by atoms with Gasteiger partial charge in [0.15, 0.2) is 11.2 Å². The van der Waals surface area contributed by atoms with Crippen molar-refractivity contribution >= 4 is 123 Å². The molecule has 0 amide bonds. The number of rotatable bonds is 12. The monoisotopic (exact) mass is 590 g/mol. The van der Waals surface area contributed by atoms with Gasteiger partial charge in [0.05, 0.1) is 11.9 Å². The van der Waals surface area contributed by atoms with Crippen molar-refractivity contribution in [1.82, 2.24) is 0 Å². The zero-order chi connectivity index (χ0) is 23.9. The van der Waals surface area contributed by atoms with Gasteiger partial charge >= 0.3 is 190 Å². The van der Waals surface area contributed by atoms with E-state index in [1.165, 1.54) is 0 Å². The van der Waals surface area contributed by atoms with Crippen LogP contribution < -0.4 is 133 Å². The van der Waals surface area contributed by atoms with Gasteiger partial charge in [-0.2, -0.15) is 0 Å². The maximum absolute atomic E-state index is 11.7. The van der Waals surface area contributed by atoms with Gasteiger partial charge in [0, 0.05) is 49.6 Å². The van der Waals surface area contributed by atoms with Crippen LogP contribution in [-0.4, -0.2) is 134 Å². The Morgan fingerprint density at radius 2 is 0.647 bits per heavy atom. The minimum absolute atomic E-state index is 0. The SMILES string of the molecule is O=C([O-])CC(CC(=O)[O-])(OC(=O)C(=O)OC(CC(=O)[O-])(CC(=O)[O-])C(=O)[O-])C(=O)[O-].[Ca+2].[Ca+2].[K+].[K+]. The van der Waals surface area contributed by atoms with Gasteiger partial charge in [-0.15, -0.1) is 0 Å². The van der Waals surface area contributed by atoms with Gasteiger partial charge in [-0.25, -0.2) is 9.59 Å². The zero-order valence-electron chi connectivity index (χ0n) is 17.8. The summed E-state index contributed by atoms with van der Waals surface area (Å²) < 4.78 is 7.92. The summed E-state index contributed by atoms with van der Waals surface area (Å²) in [6.07, 6.45) is -7.53. The van der Waals surface area contributed by atoms with Crippen LogP contribution in [0.5, 0.6) is 0 Å². The van der Waals surface area contributed by atoms with E-state index in [0.717, 1.165) is 0 Å². The van der Waals surface area contributed by atoms with E-state index >= 15 is 0 Å². The molecule has 0 saturated carbocycles. The fourth-order valence-electron chi connectivity index (χ4n) is 2.01. The second kappa shape index (κ2) is 20.5. The van der Waals surface area contributed by atoms with E-state index in [4.69, 9.17) is 0 Å². The average molecular weight is 591 g/mol. The van der Waals surface area contributed by atoms with E-state index in [9.17, 15) is 69.0 Å². The number of ether oxygens (including phenoxy) is 2. The maximum Gasteiger partial charge on any atom is 2.00 e. The molecular weight excluding hydrogens is 582 g/mol. The van der Waals surface area contributed by atoms with Crippen LogP contribution in [0.3, 0.4) is 0 Å². The van der Waals surface area contributed by atoms with Crippen LogP contribution in [-0.2, 0) is 47.8 Å². The van der Waals surface area contributed by atoms with Crippen molar-refractivity contribution in [2.75, 3.05) is 0 Å². The van der Waals surface area contributed by atoms with Crippen LogP contribution in [0.1, 0.15) is 25.7 Å². The smallest absolute Gasteiger partial charge is 0.550 e. The summed E-state index contributed by atoms with van der Waals surface area (Å²) in [5.41, 5.74) is -7.19. The molecule has 34 heavy (non-hydrogen) atoms. The van der Waals surface area contributed by atoms with Crippen molar-refractivity contribution in [3.8, 4) is 0 Å². The maximum atomic E-state index is 11.7. The molecule has 0 N–H and O–H groups in total. The molecule has 0 spiro atoms. The van der Waals surface area contributed by atoms with Crippen LogP contribution in [0, 0.1) is 0 Å². The van der Waals surface area contributed by atoms with E-state index in [1.54, 1.807) is 0 Å². The summed E-state index contributed by atoms with van der Waals surface area (Å²) in [4.78, 5) is 88.4. The van der Waals surface area contributed by atoms with E-state index in [-0.39, 0.29) is 178 Å². The first-order chi connectivity index (χ1) is 13.6. The van der Waals surface area contributed by atoms with Gasteiger partial charge < -0.3 is 68.9 Å². The van der Waals surface area contributed by atoms with Gasteiger partial charge in [0.1, 0.15) is 0 Å². The third-order valence-electron chi connectivity index (χ3n) is 3.21. The van der Waals surface area contributed by atoms with Gasteiger partial charge in [-0.3, -0.25) is 0 Å². The quantitative estimate of drug-likeness (QED) is 0.116. The standard InChI is InChI=1S/C14H14O16.2Ca.2K/c15-5(16)1-13(11(25)26,2-6(17)18)29-9(23)10(24)30-14(12(27)28,3-7(19)20)4-8(21)22;;;;/h1-4H2,(H,15,16)(H,17,18)(H,19,20)(H,21,22)(H,25,26)(H,27,28);;;;/q;2*+2;2*+1/p-6. The van der Waals surface area contributed by atoms with Gasteiger partial charge in [0.25, 0.3) is 0 Å². The molecular formula is C14H8Ca2K2O16. The predicted octanol–water partition coefficient (Wildman–Crippen LogP) is -17.1. The largest absolute Gasteiger partial charge is 2.00 e. The minimum atomic E-state index is -3.60. The van der Waals surface area contributed by atoms with Crippen molar-refractivity contribution in [3.05, 3.63) is 0 Å². The van der Waals surface area contributed by atoms with Crippen LogP contribution in [0.4, 0.5) is 0 Å². The molecule has 0 radical (unpaired) electrons. The topological polar surface area (TPSA) is 293 Å². The number of carboxylic acid groups (broad SMARTS) is 6. The zero-order valence-corrected chi connectivity index (χ0v) is 28.4. The minimum Gasteiger partial charge on any atom is -0.550 e. The third-order valence-corrected chi connectivity index (χ3v) is 3.21. The van der Waals surface area contributed by atoms with Crippen LogP contribution in [0.2, 0.25) is 0 Å². The Balaban J connectivity index is -0.000000701. The van der Waals surface area contributed by atoms with Crippen molar-refractivity contribution in [2.45, 2.75) is 36.9 Å². The molecule has 16 nitrogen and oxygen atoms in total. The van der Waals surface area contributed by atoms with E-state index in [2.05, 4.69) is 9.47 Å². The van der Waals surface area contributed by atoms with E-state index < -0.39 is 84.6 Å². The van der Waals surface area contributed by atoms with Crippen molar-refractivity contribution in [2.24, 2.45) is 0 Å². The molecule has 0 aliphatic carbocycles. The van der Waals surface area contributed by atoms with E-state index in [0.29, 0.717) is 0 Å². The number of aliphatic carboxylic acids is 6. The molecule has 0 saturated heterocycles. The Bertz CT molecular complexity index is 716. The molecule has 0 fully saturated rings. The number of carbonyl (C=O) groups excluding carboxylic acids is 8. The number of hydrogen-bond acceptors (Lipinski definition) is 16. The summed E-state index contributed by atoms with van der Waals surface area (Å²) in [6, 6.07) is 0. The van der Waals surface area contributed by atoms with Crippen molar-refractivity contribution < 1.29 is 181 Å². The van der Waals surface area contributed by atoms with Gasteiger partial charge in [-0.05, 0) is 0 Å². The third kappa shape index (κ3) is 15.7. The molecule has 0 unspecified atom stereocenters. The predicted molar refractivity (Wildman–Crippen MR) is 77.7 cm³/mol. The number of esters is 2. The number of carboxylic acids is 6. The summed E-state index contributed by atoms with van der Waals surface area (Å²) in [6.45, 7) is 0. The summed E-state index contributed by atoms with van der Waals surface area (Å²) >= 11 is 0. The molecule has 0 heterocycles. The first-order valence-corrected chi connectivity index (χ1v) is 7.25.